The molecule has 0 aliphatic carbocycles. The average molecular weight is 473 g/mol. The number of anilines is 2. The van der Waals surface area contributed by atoms with Gasteiger partial charge in [-0.05, 0) is 47.5 Å². The maximum absolute atomic E-state index is 12.7. The summed E-state index contributed by atoms with van der Waals surface area (Å²) in [6.07, 6.45) is 4.01. The normalized spacial score (nSPS) is 14.9. The van der Waals surface area contributed by atoms with Crippen LogP contribution in [0, 0.1) is 0 Å². The summed E-state index contributed by atoms with van der Waals surface area (Å²) in [4.78, 5) is 16.6. The molecule has 8 nitrogen and oxygen atoms in total. The van der Waals surface area contributed by atoms with Gasteiger partial charge in [0.2, 0.25) is 5.91 Å². The number of amides is 1. The maximum atomic E-state index is 12.7. The minimum atomic E-state index is -3.85. The van der Waals surface area contributed by atoms with Crippen LogP contribution in [-0.2, 0) is 27.8 Å². The summed E-state index contributed by atoms with van der Waals surface area (Å²) in [5.41, 5.74) is 2.94. The first-order chi connectivity index (χ1) is 15.4. The molecule has 1 aromatic heterocycles. The van der Waals surface area contributed by atoms with Crippen LogP contribution in [0.3, 0.4) is 0 Å². The zero-order chi connectivity index (χ0) is 22.7. The largest absolute Gasteiger partial charge is 0.495 e. The quantitative estimate of drug-likeness (QED) is 0.487. The lowest BCUT2D eigenvalue weighted by molar-refractivity contribution is -0.121. The highest BCUT2D eigenvalue weighted by molar-refractivity contribution is 7.92. The SMILES string of the molecule is COc1ccc(Cl)cc1NS(=O)(=O)c1ccc(CNC(=O)C2Cc3cnccc3N2)cc1. The van der Waals surface area contributed by atoms with Gasteiger partial charge in [0, 0.05) is 36.1 Å². The molecular formula is C22H21ClN4O4S. The summed E-state index contributed by atoms with van der Waals surface area (Å²) in [6.45, 7) is 0.279. The van der Waals surface area contributed by atoms with E-state index in [1.54, 1.807) is 36.7 Å². The van der Waals surface area contributed by atoms with E-state index in [9.17, 15) is 13.2 Å². The monoisotopic (exact) mass is 472 g/mol. The Morgan fingerprint density at radius 1 is 1.22 bits per heavy atom. The Morgan fingerprint density at radius 2 is 2.00 bits per heavy atom. The lowest BCUT2D eigenvalue weighted by Crippen LogP contribution is -2.38. The van der Waals surface area contributed by atoms with Gasteiger partial charge in [0.1, 0.15) is 11.8 Å². The van der Waals surface area contributed by atoms with Gasteiger partial charge in [-0.1, -0.05) is 23.7 Å². The van der Waals surface area contributed by atoms with Crippen molar-refractivity contribution >= 4 is 38.9 Å². The number of halogens is 1. The first-order valence-electron chi connectivity index (χ1n) is 9.78. The van der Waals surface area contributed by atoms with E-state index in [1.807, 2.05) is 6.07 Å². The van der Waals surface area contributed by atoms with Gasteiger partial charge in [-0.3, -0.25) is 14.5 Å². The van der Waals surface area contributed by atoms with Crippen LogP contribution in [0.4, 0.5) is 11.4 Å². The summed E-state index contributed by atoms with van der Waals surface area (Å²) in [6, 6.07) is 12.4. The van der Waals surface area contributed by atoms with Gasteiger partial charge in [0.05, 0.1) is 17.7 Å². The fourth-order valence-electron chi connectivity index (χ4n) is 3.41. The number of methoxy groups -OCH3 is 1. The average Bonchev–Trinajstić information content (AvgIpc) is 3.22. The van der Waals surface area contributed by atoms with Crippen LogP contribution in [-0.4, -0.2) is 32.5 Å². The molecule has 0 radical (unpaired) electrons. The lowest BCUT2D eigenvalue weighted by Gasteiger charge is -2.13. The highest BCUT2D eigenvalue weighted by atomic mass is 35.5. The van der Waals surface area contributed by atoms with E-state index >= 15 is 0 Å². The third-order valence-electron chi connectivity index (χ3n) is 5.08. The summed E-state index contributed by atoms with van der Waals surface area (Å²) in [5.74, 6) is 0.225. The van der Waals surface area contributed by atoms with Crippen LogP contribution < -0.4 is 20.1 Å². The van der Waals surface area contributed by atoms with Gasteiger partial charge in [0.15, 0.2) is 0 Å². The van der Waals surface area contributed by atoms with Crippen molar-refractivity contribution in [2.24, 2.45) is 0 Å². The number of hydrogen-bond acceptors (Lipinski definition) is 6. The minimum absolute atomic E-state index is 0.0787. The number of fused-ring (bicyclic) bond motifs is 1. The fraction of sp³-hybridized carbons (Fsp3) is 0.182. The Morgan fingerprint density at radius 3 is 2.72 bits per heavy atom. The van der Waals surface area contributed by atoms with Crippen LogP contribution in [0.5, 0.6) is 5.75 Å². The Bertz CT molecular complexity index is 1220. The summed E-state index contributed by atoms with van der Waals surface area (Å²) < 4.78 is 33.2. The second-order valence-corrected chi connectivity index (χ2v) is 9.36. The van der Waals surface area contributed by atoms with Crippen molar-refractivity contribution < 1.29 is 17.9 Å². The number of benzene rings is 2. The Kier molecular flexibility index (Phi) is 6.20. The summed E-state index contributed by atoms with van der Waals surface area (Å²) in [7, 11) is -2.40. The predicted octanol–water partition coefficient (Wildman–Crippen LogP) is 3.20. The molecule has 0 saturated heterocycles. The lowest BCUT2D eigenvalue weighted by atomic mass is 10.1. The Hall–Kier alpha value is -3.30. The topological polar surface area (TPSA) is 109 Å². The number of aromatic nitrogens is 1. The molecule has 0 bridgehead atoms. The molecule has 166 valence electrons. The standard InChI is InChI=1S/C22H21ClN4O4S/c1-31-21-7-4-16(23)11-19(21)27-32(29,30)17-5-2-14(3-6-17)12-25-22(28)20-10-15-13-24-9-8-18(15)26-20/h2-9,11,13,20,26-27H,10,12H2,1H3,(H,25,28). The van der Waals surface area contributed by atoms with Gasteiger partial charge < -0.3 is 15.4 Å². The van der Waals surface area contributed by atoms with Gasteiger partial charge in [-0.15, -0.1) is 0 Å². The van der Waals surface area contributed by atoms with Crippen molar-refractivity contribution in [3.8, 4) is 5.75 Å². The number of carbonyl (C=O) groups is 1. The number of pyridine rings is 1. The molecule has 0 spiro atoms. The molecule has 3 N–H and O–H groups in total. The van der Waals surface area contributed by atoms with Crippen LogP contribution >= 0.6 is 11.6 Å². The molecule has 32 heavy (non-hydrogen) atoms. The number of hydrogen-bond donors (Lipinski definition) is 3. The van der Waals surface area contributed by atoms with Crippen molar-refractivity contribution in [3.63, 3.8) is 0 Å². The second-order valence-electron chi connectivity index (χ2n) is 7.25. The van der Waals surface area contributed by atoms with Crippen molar-refractivity contribution in [2.45, 2.75) is 23.9 Å². The van der Waals surface area contributed by atoms with Crippen LogP contribution in [0.15, 0.2) is 65.8 Å². The molecular weight excluding hydrogens is 452 g/mol. The van der Waals surface area contributed by atoms with Gasteiger partial charge in [-0.25, -0.2) is 8.42 Å². The highest BCUT2D eigenvalue weighted by Crippen LogP contribution is 2.30. The molecule has 1 unspecified atom stereocenters. The third kappa shape index (κ3) is 4.79. The predicted molar refractivity (Wildman–Crippen MR) is 122 cm³/mol. The van der Waals surface area contributed by atoms with Crippen LogP contribution in [0.1, 0.15) is 11.1 Å². The number of carbonyl (C=O) groups excluding carboxylic acids is 1. The van der Waals surface area contributed by atoms with E-state index < -0.39 is 10.0 Å². The molecule has 4 rings (SSSR count). The summed E-state index contributed by atoms with van der Waals surface area (Å²) >= 11 is 5.97. The number of sulfonamides is 1. The summed E-state index contributed by atoms with van der Waals surface area (Å²) in [5, 5.41) is 6.43. The molecule has 0 saturated carbocycles. The highest BCUT2D eigenvalue weighted by Gasteiger charge is 2.26. The van der Waals surface area contributed by atoms with Crippen molar-refractivity contribution in [2.75, 3.05) is 17.1 Å². The first kappa shape index (κ1) is 21.9. The zero-order valence-corrected chi connectivity index (χ0v) is 18.7. The van der Waals surface area contributed by atoms with E-state index in [-0.39, 0.29) is 29.1 Å². The van der Waals surface area contributed by atoms with Crippen LogP contribution in [0.2, 0.25) is 5.02 Å². The van der Waals surface area contributed by atoms with E-state index in [4.69, 9.17) is 16.3 Å². The molecule has 1 atom stereocenters. The molecule has 10 heteroatoms. The van der Waals surface area contributed by atoms with Crippen LogP contribution in [0.25, 0.3) is 0 Å². The van der Waals surface area contributed by atoms with E-state index in [2.05, 4.69) is 20.3 Å². The van der Waals surface area contributed by atoms with E-state index in [0.29, 0.717) is 17.2 Å². The first-order valence-corrected chi connectivity index (χ1v) is 11.6. The minimum Gasteiger partial charge on any atom is -0.495 e. The molecule has 1 aliphatic rings. The number of rotatable bonds is 7. The van der Waals surface area contributed by atoms with E-state index in [0.717, 1.165) is 16.8 Å². The van der Waals surface area contributed by atoms with Crippen molar-refractivity contribution in [1.29, 1.82) is 0 Å². The van der Waals surface area contributed by atoms with Gasteiger partial charge in [-0.2, -0.15) is 0 Å². The Labute approximate surface area is 191 Å². The number of nitrogens with zero attached hydrogens (tertiary/aromatic N) is 1. The third-order valence-corrected chi connectivity index (χ3v) is 6.70. The molecule has 1 aliphatic heterocycles. The molecule has 3 aromatic rings. The van der Waals surface area contributed by atoms with Crippen molar-refractivity contribution in [1.82, 2.24) is 10.3 Å². The molecule has 2 heterocycles. The van der Waals surface area contributed by atoms with Gasteiger partial charge >= 0.3 is 0 Å². The molecule has 0 fully saturated rings. The molecule has 1 amide bonds. The fourth-order valence-corrected chi connectivity index (χ4v) is 4.64. The second kappa shape index (κ2) is 9.05. The van der Waals surface area contributed by atoms with Crippen molar-refractivity contribution in [3.05, 3.63) is 77.1 Å². The van der Waals surface area contributed by atoms with Gasteiger partial charge in [0.25, 0.3) is 10.0 Å². The number of nitrogens with one attached hydrogen (secondary N) is 3. The molecule has 2 aromatic carbocycles. The maximum Gasteiger partial charge on any atom is 0.262 e. The Balaban J connectivity index is 1.38. The smallest absolute Gasteiger partial charge is 0.262 e. The van der Waals surface area contributed by atoms with E-state index in [1.165, 1.54) is 25.3 Å². The number of ether oxygens (including phenoxy) is 1. The zero-order valence-electron chi connectivity index (χ0n) is 17.1.